The number of sulfone groups is 1. The average molecular weight is 571 g/mol. The standard InChI is InChI=1S/C26H27F5N4O3S/c1-25(2)12-17(18-13-32-21-11-20(28)33-35(21)22(18)25)15-4-5-16(19(27)10-15)23(26(29,30)31)34(3)24(36)14-6-8-39(37,38)9-7-14/h4-5,10-11,13-14,17,23H,6-9,12H2,1-3H3/t17?,23-/m0/s1. The molecule has 0 bridgehead atoms. The molecule has 1 aromatic carbocycles. The molecule has 2 aromatic heterocycles. The summed E-state index contributed by atoms with van der Waals surface area (Å²) in [6, 6.07) is 2.15. The number of hydrogen-bond acceptors (Lipinski definition) is 5. The number of hydrogen-bond donors (Lipinski definition) is 0. The van der Waals surface area contributed by atoms with E-state index in [1.807, 2.05) is 13.8 Å². The van der Waals surface area contributed by atoms with E-state index in [4.69, 9.17) is 0 Å². The highest BCUT2D eigenvalue weighted by atomic mass is 32.2. The fourth-order valence-electron chi connectivity index (χ4n) is 6.00. The summed E-state index contributed by atoms with van der Waals surface area (Å²) in [4.78, 5) is 17.7. The lowest BCUT2D eigenvalue weighted by Crippen LogP contribution is -2.44. The molecule has 0 N–H and O–H groups in total. The SMILES string of the molecule is CN(C(=O)C1CCS(=O)(=O)CC1)[C@@H](c1ccc(C2CC(C)(C)c3c2cnc2cc(F)nn32)cc1F)C(F)(F)F. The number of alkyl halides is 3. The van der Waals surface area contributed by atoms with Crippen LogP contribution in [0.3, 0.4) is 0 Å². The first kappa shape index (κ1) is 27.5. The minimum atomic E-state index is -4.98. The minimum Gasteiger partial charge on any atom is -0.330 e. The molecule has 1 unspecified atom stereocenters. The van der Waals surface area contributed by atoms with Crippen molar-refractivity contribution in [2.24, 2.45) is 5.92 Å². The maximum absolute atomic E-state index is 15.5. The molecular formula is C26H27F5N4O3S. The zero-order valence-corrected chi connectivity index (χ0v) is 22.3. The average Bonchev–Trinajstić information content (AvgIpc) is 3.34. The van der Waals surface area contributed by atoms with E-state index >= 15 is 4.39 Å². The zero-order chi connectivity index (χ0) is 28.5. The van der Waals surface area contributed by atoms with Gasteiger partial charge in [-0.1, -0.05) is 26.0 Å². The molecule has 1 aliphatic heterocycles. The Balaban J connectivity index is 1.48. The first-order valence-electron chi connectivity index (χ1n) is 12.5. The van der Waals surface area contributed by atoms with Gasteiger partial charge >= 0.3 is 6.18 Å². The number of carbonyl (C=O) groups is 1. The molecule has 1 fully saturated rings. The van der Waals surface area contributed by atoms with E-state index in [9.17, 15) is 30.8 Å². The molecule has 2 aliphatic rings. The third-order valence-corrected chi connectivity index (χ3v) is 9.60. The molecular weight excluding hydrogens is 543 g/mol. The summed E-state index contributed by atoms with van der Waals surface area (Å²) in [7, 11) is -2.35. The molecule has 210 valence electrons. The van der Waals surface area contributed by atoms with Crippen molar-refractivity contribution in [3.8, 4) is 0 Å². The van der Waals surface area contributed by atoms with E-state index in [-0.39, 0.29) is 24.3 Å². The molecule has 7 nitrogen and oxygen atoms in total. The van der Waals surface area contributed by atoms with Crippen LogP contribution in [0.4, 0.5) is 22.0 Å². The van der Waals surface area contributed by atoms with Crippen molar-refractivity contribution >= 4 is 21.4 Å². The normalized spacial score (nSPS) is 21.6. The smallest absolute Gasteiger partial charge is 0.330 e. The van der Waals surface area contributed by atoms with Gasteiger partial charge in [-0.25, -0.2) is 22.3 Å². The molecule has 0 saturated carbocycles. The maximum Gasteiger partial charge on any atom is 0.413 e. The van der Waals surface area contributed by atoms with Gasteiger partial charge in [0.1, 0.15) is 15.7 Å². The number of aromatic nitrogens is 3. The predicted molar refractivity (Wildman–Crippen MR) is 132 cm³/mol. The molecule has 1 aliphatic carbocycles. The van der Waals surface area contributed by atoms with Crippen molar-refractivity contribution in [3.05, 3.63) is 64.6 Å². The molecule has 3 heterocycles. The number of amides is 1. The quantitative estimate of drug-likeness (QED) is 0.425. The summed E-state index contributed by atoms with van der Waals surface area (Å²) in [5.41, 5.74) is 0.893. The fourth-order valence-corrected chi connectivity index (χ4v) is 7.50. The van der Waals surface area contributed by atoms with Gasteiger partial charge in [-0.2, -0.15) is 17.6 Å². The number of nitrogens with zero attached hydrogens (tertiary/aromatic N) is 4. The van der Waals surface area contributed by atoms with Gasteiger partial charge in [-0.3, -0.25) is 4.79 Å². The third-order valence-electron chi connectivity index (χ3n) is 7.88. The largest absolute Gasteiger partial charge is 0.413 e. The Morgan fingerprint density at radius 2 is 1.82 bits per heavy atom. The molecule has 5 rings (SSSR count). The van der Waals surface area contributed by atoms with Crippen molar-refractivity contribution in [2.75, 3.05) is 18.6 Å². The zero-order valence-electron chi connectivity index (χ0n) is 21.5. The lowest BCUT2D eigenvalue weighted by atomic mass is 9.86. The second-order valence-corrected chi connectivity index (χ2v) is 13.3. The molecule has 1 saturated heterocycles. The molecule has 0 radical (unpaired) electrons. The van der Waals surface area contributed by atoms with Gasteiger partial charge in [0.15, 0.2) is 11.7 Å². The number of fused-ring (bicyclic) bond motifs is 3. The van der Waals surface area contributed by atoms with Crippen LogP contribution in [0, 0.1) is 17.7 Å². The molecule has 1 amide bonds. The summed E-state index contributed by atoms with van der Waals surface area (Å²) < 4.78 is 96.8. The summed E-state index contributed by atoms with van der Waals surface area (Å²) in [6.07, 6.45) is -3.09. The van der Waals surface area contributed by atoms with Crippen LogP contribution in [-0.2, 0) is 20.0 Å². The summed E-state index contributed by atoms with van der Waals surface area (Å²) >= 11 is 0. The van der Waals surface area contributed by atoms with Gasteiger partial charge in [-0.15, -0.1) is 5.10 Å². The van der Waals surface area contributed by atoms with E-state index in [1.165, 1.54) is 16.6 Å². The van der Waals surface area contributed by atoms with E-state index in [0.29, 0.717) is 33.8 Å². The lowest BCUT2D eigenvalue weighted by molar-refractivity contribution is -0.191. The van der Waals surface area contributed by atoms with Crippen LogP contribution in [0.2, 0.25) is 0 Å². The van der Waals surface area contributed by atoms with E-state index in [2.05, 4.69) is 10.1 Å². The Labute approximate surface area is 221 Å². The van der Waals surface area contributed by atoms with Crippen LogP contribution in [-0.4, -0.2) is 58.6 Å². The van der Waals surface area contributed by atoms with E-state index in [0.717, 1.165) is 19.2 Å². The highest BCUT2D eigenvalue weighted by Crippen LogP contribution is 2.49. The van der Waals surface area contributed by atoms with Crippen LogP contribution in [0.5, 0.6) is 0 Å². The molecule has 39 heavy (non-hydrogen) atoms. The Kier molecular flexibility index (Phi) is 6.51. The van der Waals surface area contributed by atoms with Crippen molar-refractivity contribution in [1.82, 2.24) is 19.5 Å². The monoisotopic (exact) mass is 570 g/mol. The number of rotatable bonds is 4. The third kappa shape index (κ3) is 4.89. The predicted octanol–water partition coefficient (Wildman–Crippen LogP) is 4.71. The van der Waals surface area contributed by atoms with Crippen molar-refractivity contribution in [2.45, 2.75) is 56.7 Å². The van der Waals surface area contributed by atoms with E-state index in [1.54, 1.807) is 6.20 Å². The van der Waals surface area contributed by atoms with Gasteiger partial charge in [0.05, 0.1) is 17.2 Å². The summed E-state index contributed by atoms with van der Waals surface area (Å²) in [6.45, 7) is 3.85. The highest BCUT2D eigenvalue weighted by molar-refractivity contribution is 7.91. The highest BCUT2D eigenvalue weighted by Gasteiger charge is 2.48. The van der Waals surface area contributed by atoms with Gasteiger partial charge in [0.25, 0.3) is 0 Å². The number of benzene rings is 1. The first-order valence-corrected chi connectivity index (χ1v) is 14.3. The van der Waals surface area contributed by atoms with Crippen LogP contribution in [0.1, 0.15) is 67.5 Å². The molecule has 2 atom stereocenters. The Bertz CT molecular complexity index is 1550. The number of carbonyl (C=O) groups excluding carboxylic acids is 1. The fraction of sp³-hybridized carbons (Fsp3) is 0.500. The lowest BCUT2D eigenvalue weighted by Gasteiger charge is -2.34. The number of halogens is 5. The topological polar surface area (TPSA) is 84.6 Å². The van der Waals surface area contributed by atoms with Crippen LogP contribution in [0.25, 0.3) is 5.65 Å². The second kappa shape index (κ2) is 9.24. The van der Waals surface area contributed by atoms with Crippen LogP contribution >= 0.6 is 0 Å². The summed E-state index contributed by atoms with van der Waals surface area (Å²) in [5.74, 6) is -4.55. The Morgan fingerprint density at radius 1 is 1.15 bits per heavy atom. The van der Waals surface area contributed by atoms with Crippen molar-refractivity contribution in [3.63, 3.8) is 0 Å². The van der Waals surface area contributed by atoms with Gasteiger partial charge in [0.2, 0.25) is 11.9 Å². The van der Waals surface area contributed by atoms with E-state index < -0.39 is 62.5 Å². The Hall–Kier alpha value is -3.09. The molecule has 0 spiro atoms. The van der Waals surface area contributed by atoms with Gasteiger partial charge < -0.3 is 4.90 Å². The first-order chi connectivity index (χ1) is 18.1. The minimum absolute atomic E-state index is 0.0736. The summed E-state index contributed by atoms with van der Waals surface area (Å²) in [5, 5.41) is 3.89. The second-order valence-electron chi connectivity index (χ2n) is 11.0. The van der Waals surface area contributed by atoms with Gasteiger partial charge in [0, 0.05) is 47.7 Å². The Morgan fingerprint density at radius 3 is 2.44 bits per heavy atom. The molecule has 3 aromatic rings. The maximum atomic E-state index is 15.5. The molecule has 13 heteroatoms. The van der Waals surface area contributed by atoms with Crippen molar-refractivity contribution in [1.29, 1.82) is 0 Å². The van der Waals surface area contributed by atoms with Crippen LogP contribution < -0.4 is 0 Å². The van der Waals surface area contributed by atoms with Crippen LogP contribution in [0.15, 0.2) is 30.5 Å². The van der Waals surface area contributed by atoms with Gasteiger partial charge in [-0.05, 0) is 30.9 Å². The van der Waals surface area contributed by atoms with Crippen molar-refractivity contribution < 1.29 is 35.2 Å².